The summed E-state index contributed by atoms with van der Waals surface area (Å²) in [7, 11) is 3.73. The summed E-state index contributed by atoms with van der Waals surface area (Å²) in [5.74, 6) is 2.34. The van der Waals surface area contributed by atoms with Crippen molar-refractivity contribution in [3.63, 3.8) is 0 Å². The molecule has 1 amide bonds. The topological polar surface area (TPSA) is 80.5 Å². The Kier molecular flexibility index (Phi) is 7.94. The maximum absolute atomic E-state index is 12.0. The van der Waals surface area contributed by atoms with Crippen molar-refractivity contribution in [3.8, 4) is 0 Å². The van der Waals surface area contributed by atoms with Crippen molar-refractivity contribution in [1.82, 2.24) is 15.3 Å². The Balaban J connectivity index is 1.59. The summed E-state index contributed by atoms with van der Waals surface area (Å²) < 4.78 is 10.6. The summed E-state index contributed by atoms with van der Waals surface area (Å²) in [5.41, 5.74) is 0.956. The molecule has 8 heteroatoms. The lowest BCUT2D eigenvalue weighted by molar-refractivity contribution is 0.0908. The molecule has 2 aromatic rings. The molecule has 1 fully saturated rings. The van der Waals surface area contributed by atoms with E-state index in [4.69, 9.17) is 14.1 Å². The van der Waals surface area contributed by atoms with E-state index < -0.39 is 0 Å². The molecule has 1 aliphatic rings. The zero-order valence-electron chi connectivity index (χ0n) is 17.4. The first-order valence-electron chi connectivity index (χ1n) is 10.1. The molecule has 158 valence electrons. The molecule has 0 unspecified atom stereocenters. The van der Waals surface area contributed by atoms with Gasteiger partial charge in [0, 0.05) is 38.5 Å². The van der Waals surface area contributed by atoms with Gasteiger partial charge in [0.25, 0.3) is 5.91 Å². The Labute approximate surface area is 176 Å². The first-order valence-corrected chi connectivity index (χ1v) is 11.1. The van der Waals surface area contributed by atoms with Crippen LogP contribution in [0.1, 0.15) is 54.1 Å². The normalized spacial score (nSPS) is 14.7. The number of anilines is 1. The summed E-state index contributed by atoms with van der Waals surface area (Å²) in [5, 5.41) is 3.48. The van der Waals surface area contributed by atoms with Gasteiger partial charge in [0.05, 0.1) is 12.4 Å². The average molecular weight is 419 g/mol. The predicted molar refractivity (Wildman–Crippen MR) is 115 cm³/mol. The summed E-state index contributed by atoms with van der Waals surface area (Å²) in [4.78, 5) is 23.6. The number of thioether (sulfide) groups is 1. The van der Waals surface area contributed by atoms with Crippen molar-refractivity contribution in [2.45, 2.75) is 56.0 Å². The quantitative estimate of drug-likeness (QED) is 0.377. The van der Waals surface area contributed by atoms with Gasteiger partial charge >= 0.3 is 0 Å². The molecule has 0 aromatic carbocycles. The van der Waals surface area contributed by atoms with E-state index in [1.807, 2.05) is 19.1 Å². The second-order valence-corrected chi connectivity index (χ2v) is 8.30. The van der Waals surface area contributed by atoms with Gasteiger partial charge in [-0.15, -0.1) is 0 Å². The molecule has 0 saturated heterocycles. The second kappa shape index (κ2) is 10.6. The number of hydrogen-bond acceptors (Lipinski definition) is 7. The number of nitrogens with one attached hydrogen (secondary N) is 1. The molecule has 0 bridgehead atoms. The van der Waals surface area contributed by atoms with Crippen LogP contribution < -0.4 is 10.2 Å². The lowest BCUT2D eigenvalue weighted by Gasteiger charge is -2.32. The van der Waals surface area contributed by atoms with E-state index in [1.54, 1.807) is 13.2 Å². The Morgan fingerprint density at radius 2 is 2.10 bits per heavy atom. The molecule has 0 radical (unpaired) electrons. The van der Waals surface area contributed by atoms with Gasteiger partial charge in [-0.3, -0.25) is 4.79 Å². The molecule has 2 heterocycles. The Morgan fingerprint density at radius 3 is 2.86 bits per heavy atom. The van der Waals surface area contributed by atoms with E-state index in [9.17, 15) is 4.79 Å². The van der Waals surface area contributed by atoms with Gasteiger partial charge in [-0.05, 0) is 31.9 Å². The number of carbonyl (C=O) groups excluding carboxylic acids is 1. The Morgan fingerprint density at radius 1 is 1.31 bits per heavy atom. The highest BCUT2D eigenvalue weighted by atomic mass is 32.2. The fraction of sp³-hybridized carbons (Fsp3) is 0.571. The van der Waals surface area contributed by atoms with Crippen molar-refractivity contribution in [2.75, 3.05) is 32.2 Å². The molecule has 7 nitrogen and oxygen atoms in total. The highest BCUT2D eigenvalue weighted by Crippen LogP contribution is 2.28. The summed E-state index contributed by atoms with van der Waals surface area (Å²) >= 11 is 1.52. The number of ether oxygens (including phenoxy) is 1. The van der Waals surface area contributed by atoms with Crippen molar-refractivity contribution < 1.29 is 13.9 Å². The third kappa shape index (κ3) is 6.21. The van der Waals surface area contributed by atoms with Crippen LogP contribution in [0.25, 0.3) is 0 Å². The van der Waals surface area contributed by atoms with E-state index in [0.29, 0.717) is 30.7 Å². The molecule has 1 N–H and O–H groups in total. The largest absolute Gasteiger partial charge is 0.455 e. The fourth-order valence-electron chi connectivity index (χ4n) is 3.49. The predicted octanol–water partition coefficient (Wildman–Crippen LogP) is 3.82. The number of hydrogen-bond donors (Lipinski definition) is 1. The van der Waals surface area contributed by atoms with Crippen molar-refractivity contribution >= 4 is 23.5 Å². The van der Waals surface area contributed by atoms with Crippen molar-refractivity contribution in [3.05, 3.63) is 35.4 Å². The van der Waals surface area contributed by atoms with Crippen LogP contribution >= 0.6 is 11.8 Å². The minimum absolute atomic E-state index is 0.235. The average Bonchev–Trinajstić information content (AvgIpc) is 3.21. The molecule has 1 aliphatic carbocycles. The lowest BCUT2D eigenvalue weighted by atomic mass is 9.94. The first-order chi connectivity index (χ1) is 14.1. The molecule has 29 heavy (non-hydrogen) atoms. The van der Waals surface area contributed by atoms with Crippen LogP contribution in [0.2, 0.25) is 0 Å². The van der Waals surface area contributed by atoms with E-state index in [-0.39, 0.29) is 5.91 Å². The van der Waals surface area contributed by atoms with E-state index in [2.05, 4.69) is 22.2 Å². The SMILES string of the molecule is COCCNC(=O)c1ccc(CSc2nc(C)cc(N(C)C3CCCCC3)n2)o1. The molecule has 2 aromatic heterocycles. The highest BCUT2D eigenvalue weighted by molar-refractivity contribution is 7.98. The molecule has 0 atom stereocenters. The maximum Gasteiger partial charge on any atom is 0.287 e. The second-order valence-electron chi connectivity index (χ2n) is 7.36. The molecule has 1 saturated carbocycles. The van der Waals surface area contributed by atoms with Crippen LogP contribution in [0.5, 0.6) is 0 Å². The number of rotatable bonds is 9. The molecule has 0 spiro atoms. The van der Waals surface area contributed by atoms with Gasteiger partial charge in [-0.2, -0.15) is 0 Å². The van der Waals surface area contributed by atoms with Crippen LogP contribution in [0.4, 0.5) is 5.82 Å². The number of carbonyl (C=O) groups is 1. The van der Waals surface area contributed by atoms with Crippen LogP contribution in [-0.4, -0.2) is 49.2 Å². The molecular formula is C21H30N4O3S. The van der Waals surface area contributed by atoms with Crippen LogP contribution in [-0.2, 0) is 10.5 Å². The van der Waals surface area contributed by atoms with Gasteiger partial charge < -0.3 is 19.4 Å². The van der Waals surface area contributed by atoms with Gasteiger partial charge in [0.15, 0.2) is 10.9 Å². The zero-order chi connectivity index (χ0) is 20.6. The minimum Gasteiger partial charge on any atom is -0.455 e. The monoisotopic (exact) mass is 418 g/mol. The zero-order valence-corrected chi connectivity index (χ0v) is 18.3. The standard InChI is InChI=1S/C21H30N4O3S/c1-15-13-19(25(2)16-7-5-4-6-8-16)24-21(23-15)29-14-17-9-10-18(28-17)20(26)22-11-12-27-3/h9-10,13,16H,4-8,11-12,14H2,1-3H3,(H,22,26). The van der Waals surface area contributed by atoms with Crippen LogP contribution in [0.15, 0.2) is 27.8 Å². The highest BCUT2D eigenvalue weighted by Gasteiger charge is 2.20. The van der Waals surface area contributed by atoms with Crippen molar-refractivity contribution in [2.24, 2.45) is 0 Å². The Bertz CT molecular complexity index is 805. The van der Waals surface area contributed by atoms with Crippen LogP contribution in [0, 0.1) is 6.92 Å². The van der Waals surface area contributed by atoms with Crippen molar-refractivity contribution in [1.29, 1.82) is 0 Å². The molecular weight excluding hydrogens is 388 g/mol. The number of methoxy groups -OCH3 is 1. The van der Waals surface area contributed by atoms with Gasteiger partial charge in [0.1, 0.15) is 11.6 Å². The summed E-state index contributed by atoms with van der Waals surface area (Å²) in [6.07, 6.45) is 6.37. The lowest BCUT2D eigenvalue weighted by Crippen LogP contribution is -2.34. The number of furan rings is 1. The first kappa shape index (κ1) is 21.6. The third-order valence-corrected chi connectivity index (χ3v) is 5.99. The maximum atomic E-state index is 12.0. The number of amides is 1. The van der Waals surface area contributed by atoms with E-state index >= 15 is 0 Å². The van der Waals surface area contributed by atoms with Gasteiger partial charge in [-0.25, -0.2) is 9.97 Å². The fourth-order valence-corrected chi connectivity index (χ4v) is 4.29. The number of nitrogens with zero attached hydrogens (tertiary/aromatic N) is 3. The van der Waals surface area contributed by atoms with Crippen LogP contribution in [0.3, 0.4) is 0 Å². The smallest absolute Gasteiger partial charge is 0.287 e. The van der Waals surface area contributed by atoms with Gasteiger partial charge in [0.2, 0.25) is 0 Å². The molecule has 3 rings (SSSR count). The summed E-state index contributed by atoms with van der Waals surface area (Å²) in [6.45, 7) is 2.92. The minimum atomic E-state index is -0.235. The Hall–Kier alpha value is -2.06. The van der Waals surface area contributed by atoms with E-state index in [0.717, 1.165) is 22.4 Å². The molecule has 0 aliphatic heterocycles. The van der Waals surface area contributed by atoms with Gasteiger partial charge in [-0.1, -0.05) is 31.0 Å². The number of aromatic nitrogens is 2. The summed E-state index contributed by atoms with van der Waals surface area (Å²) in [6, 6.07) is 6.12. The van der Waals surface area contributed by atoms with E-state index in [1.165, 1.54) is 43.9 Å². The third-order valence-electron chi connectivity index (χ3n) is 5.12. The number of aryl methyl sites for hydroxylation is 1.